The van der Waals surface area contributed by atoms with Gasteiger partial charge >= 0.3 is 0 Å². The second-order valence-corrected chi connectivity index (χ2v) is 6.83. The molecule has 2 aliphatic carbocycles. The molecule has 6 heteroatoms. The van der Waals surface area contributed by atoms with Crippen molar-refractivity contribution in [2.75, 3.05) is 35.0 Å². The number of benzene rings is 1. The Balaban J connectivity index is 2.04. The van der Waals surface area contributed by atoms with E-state index < -0.39 is 11.0 Å². The van der Waals surface area contributed by atoms with E-state index >= 15 is 0 Å². The Bertz CT molecular complexity index is 826. The van der Waals surface area contributed by atoms with Crippen LogP contribution in [0.25, 0.3) is 0 Å². The molecule has 0 radical (unpaired) electrons. The highest BCUT2D eigenvalue weighted by Crippen LogP contribution is 2.56. The van der Waals surface area contributed by atoms with Crippen LogP contribution in [0.1, 0.15) is 11.1 Å². The van der Waals surface area contributed by atoms with Crippen LogP contribution in [0.15, 0.2) is 36.1 Å². The Morgan fingerprint density at radius 1 is 1.12 bits per heavy atom. The quantitative estimate of drug-likeness (QED) is 0.820. The largest absolute Gasteiger partial charge is 0.493 e. The number of methoxy groups -OCH3 is 4. The molecular weight excluding hydrogens is 336 g/mol. The molecule has 0 amide bonds. The summed E-state index contributed by atoms with van der Waals surface area (Å²) >= 11 is 0. The number of fused-ring (bicyclic) bond motifs is 2. The molecule has 0 unspecified atom stereocenters. The van der Waals surface area contributed by atoms with Crippen LogP contribution < -0.4 is 9.47 Å². The summed E-state index contributed by atoms with van der Waals surface area (Å²) in [6.45, 7) is 0.310. The fourth-order valence-electron chi connectivity index (χ4n) is 4.58. The highest BCUT2D eigenvalue weighted by atomic mass is 16.6. The van der Waals surface area contributed by atoms with E-state index in [1.165, 1.54) is 6.08 Å². The standard InChI is InChI=1S/C20H22O6/c1-22-15-7-12-10-19(25-4)11-26-17-8-13(21)5-6-20(17,18(19)24-3)14(12)9-16(15)23-2/h5-9,18H,10-11H2,1-4H3/t18-,19+,20+/m0/s1. The summed E-state index contributed by atoms with van der Waals surface area (Å²) < 4.78 is 28.9. The van der Waals surface area contributed by atoms with Crippen LogP contribution in [0, 0.1) is 0 Å². The van der Waals surface area contributed by atoms with Crippen molar-refractivity contribution in [3.63, 3.8) is 0 Å². The maximum Gasteiger partial charge on any atom is 0.181 e. The molecule has 1 spiro atoms. The van der Waals surface area contributed by atoms with Crippen LogP contribution in [-0.4, -0.2) is 52.5 Å². The molecule has 2 bridgehead atoms. The van der Waals surface area contributed by atoms with Crippen LogP contribution >= 0.6 is 0 Å². The molecule has 1 aromatic carbocycles. The van der Waals surface area contributed by atoms with Crippen molar-refractivity contribution in [1.29, 1.82) is 0 Å². The molecule has 1 aliphatic heterocycles. The van der Waals surface area contributed by atoms with Gasteiger partial charge in [0.05, 0.1) is 14.2 Å². The normalized spacial score (nSPS) is 31.5. The molecule has 0 aromatic heterocycles. The first-order valence-corrected chi connectivity index (χ1v) is 8.46. The van der Waals surface area contributed by atoms with E-state index in [9.17, 15) is 4.79 Å². The second-order valence-electron chi connectivity index (χ2n) is 6.83. The first kappa shape index (κ1) is 17.1. The SMILES string of the molecule is COc1cc2c(cc1OC)[C@]13C=CC(=O)C=C1OC[C@](OC)(C2)[C@@H]3OC. The van der Waals surface area contributed by atoms with E-state index in [1.807, 2.05) is 18.2 Å². The number of rotatable bonds is 4. The van der Waals surface area contributed by atoms with Gasteiger partial charge in [0.25, 0.3) is 0 Å². The van der Waals surface area contributed by atoms with Gasteiger partial charge < -0.3 is 23.7 Å². The van der Waals surface area contributed by atoms with E-state index in [-0.39, 0.29) is 11.9 Å². The van der Waals surface area contributed by atoms with E-state index in [1.54, 1.807) is 34.5 Å². The topological polar surface area (TPSA) is 63.2 Å². The number of hydrogen-bond acceptors (Lipinski definition) is 6. The van der Waals surface area contributed by atoms with Crippen LogP contribution in [0.3, 0.4) is 0 Å². The third kappa shape index (κ3) is 2.03. The average Bonchev–Trinajstić information content (AvgIpc) is 2.67. The zero-order valence-corrected chi connectivity index (χ0v) is 15.3. The minimum Gasteiger partial charge on any atom is -0.493 e. The van der Waals surface area contributed by atoms with Crippen molar-refractivity contribution in [1.82, 2.24) is 0 Å². The van der Waals surface area contributed by atoms with Gasteiger partial charge in [0, 0.05) is 26.7 Å². The second kappa shape index (κ2) is 5.86. The van der Waals surface area contributed by atoms with Gasteiger partial charge in [-0.15, -0.1) is 0 Å². The zero-order chi connectivity index (χ0) is 18.5. The molecule has 1 aromatic rings. The fourth-order valence-corrected chi connectivity index (χ4v) is 4.58. The van der Waals surface area contributed by atoms with Gasteiger partial charge in [-0.2, -0.15) is 0 Å². The molecule has 0 N–H and O–H groups in total. The van der Waals surface area contributed by atoms with Crippen LogP contribution in [-0.2, 0) is 30.8 Å². The van der Waals surface area contributed by atoms with E-state index in [0.29, 0.717) is 30.3 Å². The lowest BCUT2D eigenvalue weighted by Gasteiger charge is -2.57. The maximum atomic E-state index is 12.0. The Morgan fingerprint density at radius 2 is 1.85 bits per heavy atom. The van der Waals surface area contributed by atoms with Gasteiger partial charge in [-0.3, -0.25) is 4.79 Å². The zero-order valence-electron chi connectivity index (χ0n) is 15.3. The van der Waals surface area contributed by atoms with Gasteiger partial charge in [0.15, 0.2) is 17.3 Å². The third-order valence-corrected chi connectivity index (χ3v) is 5.74. The third-order valence-electron chi connectivity index (χ3n) is 5.74. The van der Waals surface area contributed by atoms with E-state index in [0.717, 1.165) is 11.1 Å². The highest BCUT2D eigenvalue weighted by Gasteiger charge is 2.63. The number of allylic oxidation sites excluding steroid dienone is 2. The van der Waals surface area contributed by atoms with Crippen LogP contribution in [0.5, 0.6) is 11.5 Å². The first-order valence-electron chi connectivity index (χ1n) is 8.46. The van der Waals surface area contributed by atoms with Gasteiger partial charge in [-0.1, -0.05) is 6.08 Å². The van der Waals surface area contributed by atoms with Gasteiger partial charge in [0.2, 0.25) is 0 Å². The number of ether oxygens (including phenoxy) is 5. The molecule has 4 rings (SSSR count). The summed E-state index contributed by atoms with van der Waals surface area (Å²) in [5.41, 5.74) is 0.628. The molecule has 6 nitrogen and oxygen atoms in total. The Labute approximate surface area is 152 Å². The Hall–Kier alpha value is -2.31. The number of carbonyl (C=O) groups excluding carboxylic acids is 1. The predicted molar refractivity (Wildman–Crippen MR) is 93.6 cm³/mol. The number of carbonyl (C=O) groups is 1. The predicted octanol–water partition coefficient (Wildman–Crippen LogP) is 1.95. The highest BCUT2D eigenvalue weighted by molar-refractivity contribution is 6.01. The van der Waals surface area contributed by atoms with Gasteiger partial charge in [0.1, 0.15) is 29.5 Å². The summed E-state index contributed by atoms with van der Waals surface area (Å²) in [6, 6.07) is 3.92. The maximum absolute atomic E-state index is 12.0. The molecule has 138 valence electrons. The summed E-state index contributed by atoms with van der Waals surface area (Å²) in [6.07, 6.45) is 5.24. The minimum atomic E-state index is -0.746. The minimum absolute atomic E-state index is 0.0991. The Kier molecular flexibility index (Phi) is 3.86. The Morgan fingerprint density at radius 3 is 2.50 bits per heavy atom. The van der Waals surface area contributed by atoms with Gasteiger partial charge in [-0.05, 0) is 29.3 Å². The number of hydrogen-bond donors (Lipinski definition) is 0. The van der Waals surface area contributed by atoms with Crippen molar-refractivity contribution in [2.45, 2.75) is 23.5 Å². The lowest BCUT2D eigenvalue weighted by Crippen LogP contribution is -2.67. The summed E-state index contributed by atoms with van der Waals surface area (Å²) in [5.74, 6) is 1.76. The molecular formula is C20H22O6. The van der Waals surface area contributed by atoms with Gasteiger partial charge in [-0.25, -0.2) is 0 Å². The van der Waals surface area contributed by atoms with Crippen molar-refractivity contribution in [3.05, 3.63) is 47.2 Å². The van der Waals surface area contributed by atoms with Crippen molar-refractivity contribution in [2.24, 2.45) is 0 Å². The summed E-state index contributed by atoms with van der Waals surface area (Å²) in [7, 11) is 6.55. The molecule has 1 heterocycles. The molecule has 3 atom stereocenters. The monoisotopic (exact) mass is 358 g/mol. The first-order chi connectivity index (χ1) is 12.5. The van der Waals surface area contributed by atoms with Crippen molar-refractivity contribution >= 4 is 5.78 Å². The molecule has 1 fully saturated rings. The lowest BCUT2D eigenvalue weighted by atomic mass is 9.58. The average molecular weight is 358 g/mol. The molecule has 0 saturated carbocycles. The summed E-state index contributed by atoms with van der Waals surface area (Å²) in [5, 5.41) is 0. The summed E-state index contributed by atoms with van der Waals surface area (Å²) in [4.78, 5) is 12.0. The molecule has 26 heavy (non-hydrogen) atoms. The fraction of sp³-hybridized carbons (Fsp3) is 0.450. The smallest absolute Gasteiger partial charge is 0.181 e. The van der Waals surface area contributed by atoms with E-state index in [2.05, 4.69) is 0 Å². The van der Waals surface area contributed by atoms with Crippen LogP contribution in [0.4, 0.5) is 0 Å². The van der Waals surface area contributed by atoms with Crippen molar-refractivity contribution < 1.29 is 28.5 Å². The lowest BCUT2D eigenvalue weighted by molar-refractivity contribution is -0.196. The number of ketones is 1. The van der Waals surface area contributed by atoms with Crippen LogP contribution in [0.2, 0.25) is 0 Å². The van der Waals surface area contributed by atoms with E-state index in [4.69, 9.17) is 23.7 Å². The molecule has 1 saturated heterocycles. The van der Waals surface area contributed by atoms with Crippen molar-refractivity contribution in [3.8, 4) is 11.5 Å². The molecule has 3 aliphatic rings.